The summed E-state index contributed by atoms with van der Waals surface area (Å²) >= 11 is 0. The maximum absolute atomic E-state index is 9.92. The number of aliphatic hydroxyl groups is 1. The molecule has 0 aromatic carbocycles. The highest BCUT2D eigenvalue weighted by atomic mass is 16.3. The molecule has 2 nitrogen and oxygen atoms in total. The third kappa shape index (κ3) is 5.76. The molecule has 0 radical (unpaired) electrons. The van der Waals surface area contributed by atoms with E-state index < -0.39 is 6.10 Å². The highest BCUT2D eigenvalue weighted by Gasteiger charge is 1.98. The normalized spacial score (nSPS) is 13.0. The van der Waals surface area contributed by atoms with Gasteiger partial charge in [0, 0.05) is 0 Å². The summed E-state index contributed by atoms with van der Waals surface area (Å²) in [5.41, 5.74) is 0. The van der Waals surface area contributed by atoms with Crippen molar-refractivity contribution in [1.82, 2.24) is 0 Å². The standard InChI is InChI=1S/C8H16O2/c1-2-3-4-5-6-8(10)7-9/h7-8,10H,2-6H2,1H3/t8-/m1/s1. The third-order valence-corrected chi connectivity index (χ3v) is 1.51. The molecule has 0 bridgehead atoms. The molecule has 0 aromatic rings. The van der Waals surface area contributed by atoms with Crippen molar-refractivity contribution in [2.24, 2.45) is 0 Å². The Morgan fingerprint density at radius 3 is 2.60 bits per heavy atom. The Morgan fingerprint density at radius 1 is 1.40 bits per heavy atom. The molecule has 0 rings (SSSR count). The smallest absolute Gasteiger partial charge is 0.148 e. The molecule has 10 heavy (non-hydrogen) atoms. The van der Waals surface area contributed by atoms with Crippen LogP contribution in [-0.4, -0.2) is 17.5 Å². The summed E-state index contributed by atoms with van der Waals surface area (Å²) in [4.78, 5) is 9.92. The van der Waals surface area contributed by atoms with E-state index in [9.17, 15) is 4.79 Å². The first-order valence-corrected chi connectivity index (χ1v) is 3.94. The van der Waals surface area contributed by atoms with Crippen LogP contribution in [0.3, 0.4) is 0 Å². The van der Waals surface area contributed by atoms with Crippen LogP contribution >= 0.6 is 0 Å². The molecular formula is C8H16O2. The van der Waals surface area contributed by atoms with Crippen LogP contribution in [0.1, 0.15) is 39.0 Å². The summed E-state index contributed by atoms with van der Waals surface area (Å²) < 4.78 is 0. The molecule has 0 saturated carbocycles. The molecule has 0 aromatic heterocycles. The lowest BCUT2D eigenvalue weighted by Gasteiger charge is -2.00. The molecule has 0 aliphatic carbocycles. The monoisotopic (exact) mass is 144 g/mol. The zero-order valence-corrected chi connectivity index (χ0v) is 6.55. The van der Waals surface area contributed by atoms with E-state index in [1.807, 2.05) is 0 Å². The minimum Gasteiger partial charge on any atom is -0.386 e. The SMILES string of the molecule is CCCCCC[C@@H](O)C=O. The van der Waals surface area contributed by atoms with Gasteiger partial charge in [-0.1, -0.05) is 32.6 Å². The van der Waals surface area contributed by atoms with Crippen molar-refractivity contribution in [1.29, 1.82) is 0 Å². The molecule has 0 heterocycles. The van der Waals surface area contributed by atoms with Crippen LogP contribution in [0.25, 0.3) is 0 Å². The van der Waals surface area contributed by atoms with Gasteiger partial charge >= 0.3 is 0 Å². The van der Waals surface area contributed by atoms with Crippen molar-refractivity contribution >= 4 is 6.29 Å². The number of carbonyl (C=O) groups excluding carboxylic acids is 1. The summed E-state index contributed by atoms with van der Waals surface area (Å²) in [5.74, 6) is 0. The predicted octanol–water partition coefficient (Wildman–Crippen LogP) is 1.52. The Bertz CT molecular complexity index is 81.3. The molecule has 0 aliphatic heterocycles. The summed E-state index contributed by atoms with van der Waals surface area (Å²) in [7, 11) is 0. The molecule has 0 saturated heterocycles. The first kappa shape index (κ1) is 9.63. The van der Waals surface area contributed by atoms with Gasteiger partial charge in [-0.05, 0) is 6.42 Å². The van der Waals surface area contributed by atoms with Crippen molar-refractivity contribution < 1.29 is 9.90 Å². The van der Waals surface area contributed by atoms with Crippen LogP contribution in [-0.2, 0) is 4.79 Å². The van der Waals surface area contributed by atoms with Gasteiger partial charge in [-0.15, -0.1) is 0 Å². The topological polar surface area (TPSA) is 37.3 Å². The van der Waals surface area contributed by atoms with Gasteiger partial charge in [-0.3, -0.25) is 0 Å². The highest BCUT2D eigenvalue weighted by Crippen LogP contribution is 2.03. The van der Waals surface area contributed by atoms with Gasteiger partial charge in [0.15, 0.2) is 0 Å². The minimum absolute atomic E-state index is 0.603. The molecular weight excluding hydrogens is 128 g/mol. The van der Waals surface area contributed by atoms with Crippen LogP contribution in [0.5, 0.6) is 0 Å². The summed E-state index contributed by atoms with van der Waals surface area (Å²) in [6.45, 7) is 2.14. The van der Waals surface area contributed by atoms with Crippen LogP contribution in [0, 0.1) is 0 Å². The molecule has 2 heteroatoms. The van der Waals surface area contributed by atoms with Gasteiger partial charge in [0.25, 0.3) is 0 Å². The quantitative estimate of drug-likeness (QED) is 0.453. The van der Waals surface area contributed by atoms with E-state index >= 15 is 0 Å². The number of unbranched alkanes of at least 4 members (excludes halogenated alkanes) is 3. The van der Waals surface area contributed by atoms with Crippen molar-refractivity contribution in [2.75, 3.05) is 0 Å². The first-order valence-electron chi connectivity index (χ1n) is 3.94. The van der Waals surface area contributed by atoms with Crippen LogP contribution < -0.4 is 0 Å². The summed E-state index contributed by atoms with van der Waals surface area (Å²) in [6, 6.07) is 0. The minimum atomic E-state index is -0.725. The second kappa shape index (κ2) is 6.75. The van der Waals surface area contributed by atoms with Gasteiger partial charge in [-0.25, -0.2) is 0 Å². The van der Waals surface area contributed by atoms with Gasteiger partial charge in [0.1, 0.15) is 12.4 Å². The van der Waals surface area contributed by atoms with Gasteiger partial charge in [0.05, 0.1) is 0 Å². The van der Waals surface area contributed by atoms with Gasteiger partial charge in [-0.2, -0.15) is 0 Å². The van der Waals surface area contributed by atoms with E-state index in [-0.39, 0.29) is 0 Å². The number of aldehydes is 1. The maximum atomic E-state index is 9.92. The van der Waals surface area contributed by atoms with E-state index in [1.165, 1.54) is 12.8 Å². The molecule has 0 spiro atoms. The third-order valence-electron chi connectivity index (χ3n) is 1.51. The molecule has 60 valence electrons. The second-order valence-corrected chi connectivity index (χ2v) is 2.55. The van der Waals surface area contributed by atoms with E-state index in [0.29, 0.717) is 12.7 Å². The number of carbonyl (C=O) groups is 1. The molecule has 0 aliphatic rings. The fourth-order valence-corrected chi connectivity index (χ4v) is 0.848. The zero-order valence-electron chi connectivity index (χ0n) is 6.55. The van der Waals surface area contributed by atoms with E-state index in [2.05, 4.69) is 6.92 Å². The molecule has 1 atom stereocenters. The van der Waals surface area contributed by atoms with Crippen LogP contribution in [0.4, 0.5) is 0 Å². The average Bonchev–Trinajstić information content (AvgIpc) is 1.98. The number of aliphatic hydroxyl groups excluding tert-OH is 1. The lowest BCUT2D eigenvalue weighted by atomic mass is 10.1. The lowest BCUT2D eigenvalue weighted by molar-refractivity contribution is -0.115. The van der Waals surface area contributed by atoms with E-state index in [0.717, 1.165) is 12.8 Å². The number of rotatable bonds is 6. The molecule has 0 fully saturated rings. The Hall–Kier alpha value is -0.370. The fourth-order valence-electron chi connectivity index (χ4n) is 0.848. The summed E-state index contributed by atoms with van der Waals surface area (Å²) in [6.07, 6.45) is 4.99. The Kier molecular flexibility index (Phi) is 6.50. The molecule has 0 amide bonds. The number of hydrogen-bond acceptors (Lipinski definition) is 2. The summed E-state index contributed by atoms with van der Waals surface area (Å²) in [5, 5.41) is 8.79. The lowest BCUT2D eigenvalue weighted by Crippen LogP contribution is -2.06. The van der Waals surface area contributed by atoms with Crippen LogP contribution in [0.15, 0.2) is 0 Å². The number of hydrogen-bond donors (Lipinski definition) is 1. The second-order valence-electron chi connectivity index (χ2n) is 2.55. The van der Waals surface area contributed by atoms with Crippen molar-refractivity contribution in [3.05, 3.63) is 0 Å². The molecule has 0 unspecified atom stereocenters. The fraction of sp³-hybridized carbons (Fsp3) is 0.875. The predicted molar refractivity (Wildman–Crippen MR) is 40.8 cm³/mol. The largest absolute Gasteiger partial charge is 0.386 e. The average molecular weight is 144 g/mol. The van der Waals surface area contributed by atoms with E-state index in [1.54, 1.807) is 0 Å². The zero-order chi connectivity index (χ0) is 7.82. The van der Waals surface area contributed by atoms with Gasteiger partial charge < -0.3 is 9.90 Å². The first-order chi connectivity index (χ1) is 4.81. The van der Waals surface area contributed by atoms with E-state index in [4.69, 9.17) is 5.11 Å². The Labute approximate surface area is 62.2 Å². The maximum Gasteiger partial charge on any atom is 0.148 e. The Balaban J connectivity index is 2.95. The van der Waals surface area contributed by atoms with Crippen LogP contribution in [0.2, 0.25) is 0 Å². The Morgan fingerprint density at radius 2 is 2.10 bits per heavy atom. The van der Waals surface area contributed by atoms with Crippen molar-refractivity contribution in [3.63, 3.8) is 0 Å². The van der Waals surface area contributed by atoms with Gasteiger partial charge in [0.2, 0.25) is 0 Å². The van der Waals surface area contributed by atoms with Crippen molar-refractivity contribution in [2.45, 2.75) is 45.1 Å². The molecule has 1 N–H and O–H groups in total. The van der Waals surface area contributed by atoms with Crippen molar-refractivity contribution in [3.8, 4) is 0 Å². The highest BCUT2D eigenvalue weighted by molar-refractivity contribution is 5.55.